The van der Waals surface area contributed by atoms with Crippen molar-refractivity contribution in [2.45, 2.75) is 18.3 Å². The minimum atomic E-state index is -1.13. The molecule has 118 valence electrons. The number of aromatic nitrogens is 1. The second-order valence-electron chi connectivity index (χ2n) is 6.02. The number of rotatable bonds is 5. The summed E-state index contributed by atoms with van der Waals surface area (Å²) in [5.74, 6) is -1.39. The maximum Gasteiger partial charge on any atom is 0.354 e. The fraction of sp³-hybridized carbons (Fsp3) is 0.278. The van der Waals surface area contributed by atoms with Crippen LogP contribution in [0.5, 0.6) is 0 Å². The molecule has 0 unspecified atom stereocenters. The number of likely N-dealkylation sites (N-methyl/N-ethyl adjacent to an activating group) is 1. The lowest BCUT2D eigenvalue weighted by molar-refractivity contribution is 0.0690. The molecule has 1 aliphatic carbocycles. The molecule has 0 atom stereocenters. The SMILES string of the molecule is CN(CC1(c2ccccc2)CC1)C(=O)c1cccc(C(=O)O)n1. The van der Waals surface area contributed by atoms with Gasteiger partial charge in [0.2, 0.25) is 0 Å². The van der Waals surface area contributed by atoms with Gasteiger partial charge in [0.25, 0.3) is 5.91 Å². The minimum Gasteiger partial charge on any atom is -0.477 e. The quantitative estimate of drug-likeness (QED) is 0.921. The zero-order valence-electron chi connectivity index (χ0n) is 12.9. The first-order valence-corrected chi connectivity index (χ1v) is 7.53. The largest absolute Gasteiger partial charge is 0.477 e. The van der Waals surface area contributed by atoms with Crippen molar-refractivity contribution in [1.82, 2.24) is 9.88 Å². The Balaban J connectivity index is 1.76. The third-order valence-electron chi connectivity index (χ3n) is 4.31. The Morgan fingerprint density at radius 2 is 1.74 bits per heavy atom. The maximum absolute atomic E-state index is 12.5. The smallest absolute Gasteiger partial charge is 0.354 e. The molecule has 5 nitrogen and oxygen atoms in total. The van der Waals surface area contributed by atoms with Crippen molar-refractivity contribution in [3.05, 3.63) is 65.5 Å². The summed E-state index contributed by atoms with van der Waals surface area (Å²) in [5, 5.41) is 8.99. The molecule has 5 heteroatoms. The normalized spacial score (nSPS) is 15.0. The van der Waals surface area contributed by atoms with Crippen molar-refractivity contribution in [2.24, 2.45) is 0 Å². The highest BCUT2D eigenvalue weighted by Gasteiger charge is 2.45. The summed E-state index contributed by atoms with van der Waals surface area (Å²) in [4.78, 5) is 29.1. The Labute approximate surface area is 134 Å². The van der Waals surface area contributed by atoms with Gasteiger partial charge >= 0.3 is 5.97 Å². The first-order chi connectivity index (χ1) is 11.0. The molecule has 1 aromatic heterocycles. The van der Waals surface area contributed by atoms with E-state index < -0.39 is 5.97 Å². The number of aromatic carboxylic acids is 1. The van der Waals surface area contributed by atoms with E-state index in [9.17, 15) is 9.59 Å². The van der Waals surface area contributed by atoms with Crippen LogP contribution in [-0.2, 0) is 5.41 Å². The molecule has 2 aromatic rings. The van der Waals surface area contributed by atoms with Gasteiger partial charge < -0.3 is 10.0 Å². The predicted octanol–water partition coefficient (Wildman–Crippen LogP) is 2.58. The van der Waals surface area contributed by atoms with Gasteiger partial charge in [-0.2, -0.15) is 0 Å². The zero-order chi connectivity index (χ0) is 16.4. The van der Waals surface area contributed by atoms with Crippen LogP contribution >= 0.6 is 0 Å². The van der Waals surface area contributed by atoms with Gasteiger partial charge in [0.1, 0.15) is 11.4 Å². The first-order valence-electron chi connectivity index (χ1n) is 7.53. The zero-order valence-corrected chi connectivity index (χ0v) is 12.9. The van der Waals surface area contributed by atoms with Gasteiger partial charge in [-0.15, -0.1) is 0 Å². The van der Waals surface area contributed by atoms with Crippen LogP contribution in [0.25, 0.3) is 0 Å². The van der Waals surface area contributed by atoms with Crippen molar-refractivity contribution in [3.8, 4) is 0 Å². The Morgan fingerprint density at radius 3 is 2.35 bits per heavy atom. The topological polar surface area (TPSA) is 70.5 Å². The summed E-state index contributed by atoms with van der Waals surface area (Å²) in [5.41, 5.74) is 1.31. The van der Waals surface area contributed by atoms with E-state index in [0.717, 1.165) is 12.8 Å². The van der Waals surface area contributed by atoms with Crippen LogP contribution in [0, 0.1) is 0 Å². The lowest BCUT2D eigenvalue weighted by Gasteiger charge is -2.24. The number of pyridine rings is 1. The molecule has 1 amide bonds. The Hall–Kier alpha value is -2.69. The molecule has 0 aliphatic heterocycles. The molecule has 0 radical (unpaired) electrons. The number of amides is 1. The van der Waals surface area contributed by atoms with Crippen LogP contribution in [-0.4, -0.2) is 40.5 Å². The van der Waals surface area contributed by atoms with E-state index in [0.29, 0.717) is 6.54 Å². The molecule has 0 bridgehead atoms. The number of nitrogens with zero attached hydrogens (tertiary/aromatic N) is 2. The van der Waals surface area contributed by atoms with Gasteiger partial charge in [0.15, 0.2) is 0 Å². The number of benzene rings is 1. The van der Waals surface area contributed by atoms with E-state index in [-0.39, 0.29) is 22.7 Å². The van der Waals surface area contributed by atoms with Gasteiger partial charge in [0, 0.05) is 19.0 Å². The van der Waals surface area contributed by atoms with Gasteiger partial charge in [-0.1, -0.05) is 36.4 Å². The fourth-order valence-electron chi connectivity index (χ4n) is 2.87. The molecule has 1 aromatic carbocycles. The van der Waals surface area contributed by atoms with Crippen LogP contribution in [0.2, 0.25) is 0 Å². The predicted molar refractivity (Wildman–Crippen MR) is 85.5 cm³/mol. The summed E-state index contributed by atoms with van der Waals surface area (Å²) in [7, 11) is 1.74. The molecule has 0 spiro atoms. The Kier molecular flexibility index (Phi) is 3.86. The van der Waals surface area contributed by atoms with E-state index in [2.05, 4.69) is 17.1 Å². The summed E-state index contributed by atoms with van der Waals surface area (Å²) in [6.45, 7) is 0.606. The third-order valence-corrected chi connectivity index (χ3v) is 4.31. The van der Waals surface area contributed by atoms with Crippen LogP contribution in [0.4, 0.5) is 0 Å². The number of carboxylic acid groups (broad SMARTS) is 1. The van der Waals surface area contributed by atoms with Crippen molar-refractivity contribution in [1.29, 1.82) is 0 Å². The molecule has 1 heterocycles. The average molecular weight is 310 g/mol. The second kappa shape index (κ2) is 5.83. The lowest BCUT2D eigenvalue weighted by atomic mass is 9.95. The fourth-order valence-corrected chi connectivity index (χ4v) is 2.87. The second-order valence-corrected chi connectivity index (χ2v) is 6.02. The maximum atomic E-state index is 12.5. The summed E-state index contributed by atoms with van der Waals surface area (Å²) < 4.78 is 0. The standard InChI is InChI=1S/C18H18N2O3/c1-20(12-18(10-11-18)13-6-3-2-4-7-13)16(21)14-8-5-9-15(19-14)17(22)23/h2-9H,10-12H2,1H3,(H,22,23). The molecule has 1 aliphatic rings. The number of carbonyl (C=O) groups is 2. The average Bonchev–Trinajstić information content (AvgIpc) is 3.35. The molecule has 3 rings (SSSR count). The van der Waals surface area contributed by atoms with E-state index in [1.807, 2.05) is 18.2 Å². The van der Waals surface area contributed by atoms with Crippen LogP contribution in [0.1, 0.15) is 39.4 Å². The summed E-state index contributed by atoms with van der Waals surface area (Å²) >= 11 is 0. The van der Waals surface area contributed by atoms with Crippen molar-refractivity contribution >= 4 is 11.9 Å². The van der Waals surface area contributed by atoms with Crippen molar-refractivity contribution in [3.63, 3.8) is 0 Å². The van der Waals surface area contributed by atoms with Gasteiger partial charge in [-0.25, -0.2) is 9.78 Å². The molecular weight excluding hydrogens is 292 g/mol. The summed E-state index contributed by atoms with van der Waals surface area (Å²) in [6, 6.07) is 14.7. The Morgan fingerprint density at radius 1 is 1.09 bits per heavy atom. The highest BCUT2D eigenvalue weighted by atomic mass is 16.4. The van der Waals surface area contributed by atoms with Gasteiger partial charge in [0.05, 0.1) is 0 Å². The molecular formula is C18H18N2O3. The number of carboxylic acids is 1. The monoisotopic (exact) mass is 310 g/mol. The first kappa shape index (κ1) is 15.2. The number of carbonyl (C=O) groups excluding carboxylic acids is 1. The Bertz CT molecular complexity index is 739. The molecule has 1 fully saturated rings. The van der Waals surface area contributed by atoms with Gasteiger partial charge in [-0.05, 0) is 30.5 Å². The van der Waals surface area contributed by atoms with E-state index in [1.54, 1.807) is 24.1 Å². The van der Waals surface area contributed by atoms with Gasteiger partial charge in [-0.3, -0.25) is 4.79 Å². The molecule has 23 heavy (non-hydrogen) atoms. The van der Waals surface area contributed by atoms with Crippen LogP contribution in [0.3, 0.4) is 0 Å². The minimum absolute atomic E-state index is 0.0239. The van der Waals surface area contributed by atoms with E-state index >= 15 is 0 Å². The van der Waals surface area contributed by atoms with Crippen LogP contribution < -0.4 is 0 Å². The highest BCUT2D eigenvalue weighted by Crippen LogP contribution is 2.48. The third kappa shape index (κ3) is 3.08. The van der Waals surface area contributed by atoms with E-state index in [1.165, 1.54) is 11.6 Å². The number of hydrogen-bond acceptors (Lipinski definition) is 3. The highest BCUT2D eigenvalue weighted by molar-refractivity contribution is 5.94. The summed E-state index contributed by atoms with van der Waals surface area (Å²) in [6.07, 6.45) is 2.11. The number of hydrogen-bond donors (Lipinski definition) is 1. The molecule has 0 saturated heterocycles. The lowest BCUT2D eigenvalue weighted by Crippen LogP contribution is -2.35. The molecule has 1 N–H and O–H groups in total. The van der Waals surface area contributed by atoms with E-state index in [4.69, 9.17) is 5.11 Å². The van der Waals surface area contributed by atoms with Crippen molar-refractivity contribution < 1.29 is 14.7 Å². The van der Waals surface area contributed by atoms with Crippen molar-refractivity contribution in [2.75, 3.05) is 13.6 Å². The molecule has 1 saturated carbocycles. The van der Waals surface area contributed by atoms with Crippen LogP contribution in [0.15, 0.2) is 48.5 Å².